The van der Waals surface area contributed by atoms with Crippen LogP contribution in [0.1, 0.15) is 21.5 Å². The molecule has 39 heavy (non-hydrogen) atoms. The second kappa shape index (κ2) is 13.2. The fraction of sp³-hybridized carbons (Fsp3) is 0.0645. The van der Waals surface area contributed by atoms with E-state index in [-0.39, 0.29) is 23.2 Å². The molecule has 0 heterocycles. The normalized spacial score (nSPS) is 11.0. The lowest BCUT2D eigenvalue weighted by Crippen LogP contribution is -2.30. The zero-order valence-corrected chi connectivity index (χ0v) is 21.9. The summed E-state index contributed by atoms with van der Waals surface area (Å²) in [6, 6.07) is 28.8. The lowest BCUT2D eigenvalue weighted by molar-refractivity contribution is -0.114. The Morgan fingerprint density at radius 2 is 1.38 bits per heavy atom. The van der Waals surface area contributed by atoms with Crippen molar-refractivity contribution in [1.82, 2.24) is 5.32 Å². The number of rotatable bonds is 9. The van der Waals surface area contributed by atoms with E-state index in [2.05, 4.69) is 16.0 Å². The summed E-state index contributed by atoms with van der Waals surface area (Å²) in [7, 11) is 0. The Kier molecular flexibility index (Phi) is 9.26. The molecule has 196 valence electrons. The molecule has 8 heteroatoms. The van der Waals surface area contributed by atoms with Crippen molar-refractivity contribution >= 4 is 46.9 Å². The number of carbonyl (C=O) groups excluding carboxylic acids is 3. The van der Waals surface area contributed by atoms with E-state index in [9.17, 15) is 18.8 Å². The van der Waals surface area contributed by atoms with Gasteiger partial charge in [0, 0.05) is 21.8 Å². The predicted octanol–water partition coefficient (Wildman–Crippen LogP) is 6.27. The number of benzene rings is 4. The highest BCUT2D eigenvalue weighted by atomic mass is 32.2. The number of hydrogen-bond donors (Lipinski definition) is 3. The first kappa shape index (κ1) is 27.3. The number of aryl methyl sites for hydroxylation is 1. The van der Waals surface area contributed by atoms with Crippen LogP contribution in [0.3, 0.4) is 0 Å². The number of thioether (sulfide) groups is 1. The van der Waals surface area contributed by atoms with E-state index in [0.717, 1.165) is 16.0 Å². The zero-order chi connectivity index (χ0) is 27.6. The van der Waals surface area contributed by atoms with Crippen molar-refractivity contribution in [3.63, 3.8) is 0 Å². The van der Waals surface area contributed by atoms with Gasteiger partial charge < -0.3 is 16.0 Å². The van der Waals surface area contributed by atoms with Crippen LogP contribution in [0.25, 0.3) is 6.08 Å². The maximum atomic E-state index is 13.2. The monoisotopic (exact) mass is 539 g/mol. The van der Waals surface area contributed by atoms with Gasteiger partial charge in [-0.25, -0.2) is 4.39 Å². The van der Waals surface area contributed by atoms with E-state index in [0.29, 0.717) is 16.9 Å². The summed E-state index contributed by atoms with van der Waals surface area (Å²) >= 11 is 1.33. The van der Waals surface area contributed by atoms with Gasteiger partial charge in [-0.05, 0) is 79.2 Å². The average Bonchev–Trinajstić information content (AvgIpc) is 2.95. The van der Waals surface area contributed by atoms with Crippen LogP contribution in [-0.2, 0) is 9.59 Å². The van der Waals surface area contributed by atoms with Crippen LogP contribution in [0.15, 0.2) is 114 Å². The van der Waals surface area contributed by atoms with Gasteiger partial charge in [0.1, 0.15) is 11.5 Å². The maximum Gasteiger partial charge on any atom is 0.272 e. The molecular weight excluding hydrogens is 513 g/mol. The van der Waals surface area contributed by atoms with Gasteiger partial charge in [-0.1, -0.05) is 48.0 Å². The highest BCUT2D eigenvalue weighted by Crippen LogP contribution is 2.21. The molecule has 0 spiro atoms. The molecule has 0 aromatic heterocycles. The van der Waals surface area contributed by atoms with Gasteiger partial charge >= 0.3 is 0 Å². The van der Waals surface area contributed by atoms with Crippen LogP contribution in [0, 0.1) is 12.7 Å². The molecule has 0 aliphatic rings. The van der Waals surface area contributed by atoms with Crippen LogP contribution >= 0.6 is 11.8 Å². The minimum Gasteiger partial charge on any atom is -0.325 e. The van der Waals surface area contributed by atoms with E-state index < -0.39 is 11.8 Å². The molecule has 0 bridgehead atoms. The number of halogens is 1. The van der Waals surface area contributed by atoms with Gasteiger partial charge in [0.15, 0.2) is 0 Å². The number of carbonyl (C=O) groups is 3. The molecule has 4 aromatic rings. The molecule has 6 nitrogen and oxygen atoms in total. The molecule has 0 fully saturated rings. The number of amides is 3. The van der Waals surface area contributed by atoms with E-state index in [1.54, 1.807) is 54.6 Å². The third kappa shape index (κ3) is 8.41. The Hall–Kier alpha value is -4.69. The lowest BCUT2D eigenvalue weighted by atomic mass is 10.1. The van der Waals surface area contributed by atoms with Crippen molar-refractivity contribution in [2.45, 2.75) is 11.8 Å². The van der Waals surface area contributed by atoms with Crippen molar-refractivity contribution in [3.8, 4) is 0 Å². The van der Waals surface area contributed by atoms with Crippen molar-refractivity contribution in [2.24, 2.45) is 0 Å². The first-order valence-corrected chi connectivity index (χ1v) is 13.1. The third-order valence-corrected chi connectivity index (χ3v) is 6.54. The number of hydrogen-bond acceptors (Lipinski definition) is 4. The van der Waals surface area contributed by atoms with E-state index in [1.807, 2.05) is 37.3 Å². The Morgan fingerprint density at radius 3 is 2.05 bits per heavy atom. The Labute approximate surface area is 230 Å². The molecule has 3 amide bonds. The average molecular weight is 540 g/mol. The Bertz CT molecular complexity index is 1470. The number of nitrogens with one attached hydrogen (secondary N) is 3. The Balaban J connectivity index is 1.39. The molecular formula is C31H26FN3O3S. The van der Waals surface area contributed by atoms with Crippen molar-refractivity contribution in [1.29, 1.82) is 0 Å². The molecule has 0 radical (unpaired) electrons. The third-order valence-electron chi connectivity index (χ3n) is 5.53. The molecule has 0 saturated carbocycles. The quantitative estimate of drug-likeness (QED) is 0.173. The van der Waals surface area contributed by atoms with Gasteiger partial charge in [-0.3, -0.25) is 14.4 Å². The minimum atomic E-state index is -0.473. The predicted molar refractivity (Wildman–Crippen MR) is 154 cm³/mol. The molecule has 0 atom stereocenters. The summed E-state index contributed by atoms with van der Waals surface area (Å²) in [6.45, 7) is 1.97. The molecule has 3 N–H and O–H groups in total. The van der Waals surface area contributed by atoms with Crippen LogP contribution in [0.5, 0.6) is 0 Å². The standard InChI is InChI=1S/C31H26FN3O3S/c1-21-7-9-22(10-8-21)19-28(35-30(37)23-5-3-2-4-6-23)31(38)34-26-15-17-27(18-16-26)39-20-29(36)33-25-13-11-24(32)12-14-25/h2-19H,20H2,1H3,(H,33,36)(H,34,38)(H,35,37)/b28-19-. The van der Waals surface area contributed by atoms with Gasteiger partial charge in [0.25, 0.3) is 11.8 Å². The molecule has 0 saturated heterocycles. The van der Waals surface area contributed by atoms with Crippen molar-refractivity contribution in [3.05, 3.63) is 131 Å². The smallest absolute Gasteiger partial charge is 0.272 e. The van der Waals surface area contributed by atoms with E-state index in [4.69, 9.17) is 0 Å². The molecule has 4 rings (SSSR count). The molecule has 0 unspecified atom stereocenters. The first-order chi connectivity index (χ1) is 18.9. The van der Waals surface area contributed by atoms with E-state index >= 15 is 0 Å². The van der Waals surface area contributed by atoms with E-state index in [1.165, 1.54) is 36.0 Å². The van der Waals surface area contributed by atoms with Gasteiger partial charge in [0.2, 0.25) is 5.91 Å². The lowest BCUT2D eigenvalue weighted by Gasteiger charge is -2.12. The molecule has 0 aliphatic carbocycles. The van der Waals surface area contributed by atoms with Crippen LogP contribution in [0.2, 0.25) is 0 Å². The summed E-state index contributed by atoms with van der Waals surface area (Å²) < 4.78 is 13.0. The summed E-state index contributed by atoms with van der Waals surface area (Å²) in [4.78, 5) is 39.0. The highest BCUT2D eigenvalue weighted by Gasteiger charge is 2.15. The van der Waals surface area contributed by atoms with Gasteiger partial charge in [0.05, 0.1) is 5.75 Å². The summed E-state index contributed by atoms with van der Waals surface area (Å²) in [5.41, 5.74) is 3.44. The van der Waals surface area contributed by atoms with Gasteiger partial charge in [-0.15, -0.1) is 11.8 Å². The topological polar surface area (TPSA) is 87.3 Å². The summed E-state index contributed by atoms with van der Waals surface area (Å²) in [6.07, 6.45) is 1.62. The van der Waals surface area contributed by atoms with Crippen LogP contribution in [0.4, 0.5) is 15.8 Å². The second-order valence-corrected chi connectivity index (χ2v) is 9.66. The Morgan fingerprint density at radius 1 is 0.769 bits per heavy atom. The largest absolute Gasteiger partial charge is 0.325 e. The zero-order valence-electron chi connectivity index (χ0n) is 21.1. The van der Waals surface area contributed by atoms with Crippen molar-refractivity contribution < 1.29 is 18.8 Å². The maximum absolute atomic E-state index is 13.2. The minimum absolute atomic E-state index is 0.101. The summed E-state index contributed by atoms with van der Waals surface area (Å²) in [5, 5.41) is 8.26. The fourth-order valence-electron chi connectivity index (χ4n) is 3.48. The van der Waals surface area contributed by atoms with Gasteiger partial charge in [-0.2, -0.15) is 0 Å². The van der Waals surface area contributed by atoms with Crippen molar-refractivity contribution in [2.75, 3.05) is 16.4 Å². The molecule has 0 aliphatic heterocycles. The molecule has 4 aromatic carbocycles. The first-order valence-electron chi connectivity index (χ1n) is 12.1. The highest BCUT2D eigenvalue weighted by molar-refractivity contribution is 8.00. The fourth-order valence-corrected chi connectivity index (χ4v) is 4.18. The SMILES string of the molecule is Cc1ccc(/C=C(\NC(=O)c2ccccc2)C(=O)Nc2ccc(SCC(=O)Nc3ccc(F)cc3)cc2)cc1. The van der Waals surface area contributed by atoms with Crippen LogP contribution in [-0.4, -0.2) is 23.5 Å². The van der Waals surface area contributed by atoms with Crippen LogP contribution < -0.4 is 16.0 Å². The summed E-state index contributed by atoms with van der Waals surface area (Å²) in [5.74, 6) is -1.29. The second-order valence-electron chi connectivity index (χ2n) is 8.61. The number of anilines is 2.